The van der Waals surface area contributed by atoms with Gasteiger partial charge in [-0.3, -0.25) is 4.90 Å². The Bertz CT molecular complexity index is 529. The number of fused-ring (bicyclic) bond motifs is 3. The molecule has 3 saturated heterocycles. The highest BCUT2D eigenvalue weighted by molar-refractivity contribution is 5.30. The molecule has 21 heavy (non-hydrogen) atoms. The third kappa shape index (κ3) is 1.91. The first kappa shape index (κ1) is 13.7. The van der Waals surface area contributed by atoms with E-state index in [1.54, 1.807) is 0 Å². The average Bonchev–Trinajstić information content (AvgIpc) is 3.01. The van der Waals surface area contributed by atoms with Gasteiger partial charge in [-0.1, -0.05) is 37.3 Å². The maximum Gasteiger partial charge on any atom is 0.165 e. The SMILES string of the molecule is C[C@@H]1C[C@@H]2CCCN2[C@@H]2C[C@](C)(O)O[C@]12c1ccccc1. The number of hydrogen-bond acceptors (Lipinski definition) is 3. The van der Waals surface area contributed by atoms with Crippen molar-refractivity contribution < 1.29 is 9.84 Å². The molecule has 0 bridgehead atoms. The summed E-state index contributed by atoms with van der Waals surface area (Å²) in [6, 6.07) is 11.5. The van der Waals surface area contributed by atoms with Gasteiger partial charge in [-0.15, -0.1) is 0 Å². The Morgan fingerprint density at radius 2 is 2.05 bits per heavy atom. The second kappa shape index (κ2) is 4.55. The number of hydrogen-bond donors (Lipinski definition) is 1. The number of nitrogens with zero attached hydrogens (tertiary/aromatic N) is 1. The zero-order valence-electron chi connectivity index (χ0n) is 13.0. The van der Waals surface area contributed by atoms with Crippen molar-refractivity contribution in [1.82, 2.24) is 4.90 Å². The Kier molecular flexibility index (Phi) is 2.97. The zero-order chi connectivity index (χ0) is 14.7. The fourth-order valence-corrected chi connectivity index (χ4v) is 5.12. The van der Waals surface area contributed by atoms with Gasteiger partial charge in [-0.2, -0.15) is 0 Å². The summed E-state index contributed by atoms with van der Waals surface area (Å²) < 4.78 is 6.36. The first-order valence-corrected chi connectivity index (χ1v) is 8.27. The lowest BCUT2D eigenvalue weighted by molar-refractivity contribution is -0.241. The predicted octanol–water partition coefficient (Wildman–Crippen LogP) is 2.88. The van der Waals surface area contributed by atoms with Crippen LogP contribution in [-0.4, -0.2) is 34.4 Å². The van der Waals surface area contributed by atoms with E-state index in [-0.39, 0.29) is 5.60 Å². The van der Waals surface area contributed by atoms with Crippen LogP contribution >= 0.6 is 0 Å². The molecular formula is C18H25NO2. The molecule has 3 heteroatoms. The van der Waals surface area contributed by atoms with E-state index in [1.165, 1.54) is 24.8 Å². The topological polar surface area (TPSA) is 32.7 Å². The number of ether oxygens (including phenoxy) is 1. The highest BCUT2D eigenvalue weighted by Crippen LogP contribution is 2.56. The smallest absolute Gasteiger partial charge is 0.165 e. The fourth-order valence-electron chi connectivity index (χ4n) is 5.12. The van der Waals surface area contributed by atoms with E-state index in [2.05, 4.69) is 36.1 Å². The summed E-state index contributed by atoms with van der Waals surface area (Å²) in [6.07, 6.45) is 4.46. The van der Waals surface area contributed by atoms with E-state index < -0.39 is 5.79 Å². The van der Waals surface area contributed by atoms with Crippen LogP contribution in [0.1, 0.15) is 45.1 Å². The first-order chi connectivity index (χ1) is 10.0. The second-order valence-electron chi connectivity index (χ2n) is 7.33. The molecule has 4 rings (SSSR count). The standard InChI is InChI=1S/C18H25NO2/c1-13-11-15-9-6-10-19(15)16-12-17(2,20)21-18(13,16)14-7-4-3-5-8-14/h3-5,7-8,13,15-16,20H,6,9-12H2,1-2H3/t13-,15+,16-,17-,18+/m1/s1. The number of rotatable bonds is 1. The van der Waals surface area contributed by atoms with Crippen LogP contribution < -0.4 is 0 Å². The van der Waals surface area contributed by atoms with E-state index in [1.807, 2.05) is 13.0 Å². The van der Waals surface area contributed by atoms with Gasteiger partial charge in [0.2, 0.25) is 0 Å². The first-order valence-electron chi connectivity index (χ1n) is 8.27. The Morgan fingerprint density at radius 3 is 2.81 bits per heavy atom. The number of piperidine rings is 1. The molecule has 3 fully saturated rings. The van der Waals surface area contributed by atoms with Gasteiger partial charge in [-0.25, -0.2) is 0 Å². The summed E-state index contributed by atoms with van der Waals surface area (Å²) in [7, 11) is 0. The number of benzene rings is 1. The average molecular weight is 287 g/mol. The number of aliphatic hydroxyl groups is 1. The maximum absolute atomic E-state index is 10.6. The molecule has 0 aromatic heterocycles. The van der Waals surface area contributed by atoms with Crippen molar-refractivity contribution in [2.45, 2.75) is 63.0 Å². The molecule has 3 heterocycles. The Balaban J connectivity index is 1.84. The summed E-state index contributed by atoms with van der Waals surface area (Å²) in [5.74, 6) is -0.593. The van der Waals surface area contributed by atoms with Crippen LogP contribution in [0.15, 0.2) is 30.3 Å². The lowest BCUT2D eigenvalue weighted by Crippen LogP contribution is -2.58. The molecule has 0 spiro atoms. The van der Waals surface area contributed by atoms with Crippen LogP contribution in [0.5, 0.6) is 0 Å². The summed E-state index contributed by atoms with van der Waals surface area (Å²) in [6.45, 7) is 5.28. The highest BCUT2D eigenvalue weighted by Gasteiger charge is 2.62. The van der Waals surface area contributed by atoms with Crippen molar-refractivity contribution >= 4 is 0 Å². The minimum absolute atomic E-state index is 0.297. The lowest BCUT2D eigenvalue weighted by Gasteiger charge is -2.51. The minimum atomic E-state index is -1.02. The van der Waals surface area contributed by atoms with Crippen LogP contribution in [0.2, 0.25) is 0 Å². The minimum Gasteiger partial charge on any atom is -0.366 e. The molecule has 0 aliphatic carbocycles. The Labute approximate surface area is 126 Å². The summed E-state index contributed by atoms with van der Waals surface area (Å²) in [5, 5.41) is 10.6. The predicted molar refractivity (Wildman–Crippen MR) is 81.7 cm³/mol. The third-order valence-corrected chi connectivity index (χ3v) is 5.86. The molecule has 0 saturated carbocycles. The molecule has 5 atom stereocenters. The molecule has 1 aromatic carbocycles. The molecule has 1 aromatic rings. The summed E-state index contributed by atoms with van der Waals surface area (Å²) in [4.78, 5) is 2.62. The van der Waals surface area contributed by atoms with Crippen LogP contribution in [0.25, 0.3) is 0 Å². The van der Waals surface area contributed by atoms with Gasteiger partial charge in [0.15, 0.2) is 5.79 Å². The van der Waals surface area contributed by atoms with Crippen LogP contribution in [0.3, 0.4) is 0 Å². The largest absolute Gasteiger partial charge is 0.366 e. The highest BCUT2D eigenvalue weighted by atomic mass is 16.6. The molecule has 1 N–H and O–H groups in total. The Hall–Kier alpha value is -0.900. The Morgan fingerprint density at radius 1 is 1.29 bits per heavy atom. The van der Waals surface area contributed by atoms with Gasteiger partial charge in [0.1, 0.15) is 5.60 Å². The van der Waals surface area contributed by atoms with Gasteiger partial charge in [-0.05, 0) is 44.2 Å². The second-order valence-corrected chi connectivity index (χ2v) is 7.33. The van der Waals surface area contributed by atoms with Crippen molar-refractivity contribution in [2.24, 2.45) is 5.92 Å². The van der Waals surface area contributed by atoms with Gasteiger partial charge in [0.05, 0.1) is 0 Å². The van der Waals surface area contributed by atoms with E-state index in [0.29, 0.717) is 24.4 Å². The lowest BCUT2D eigenvalue weighted by atomic mass is 9.70. The van der Waals surface area contributed by atoms with Crippen LogP contribution in [0, 0.1) is 5.92 Å². The van der Waals surface area contributed by atoms with E-state index in [9.17, 15) is 5.11 Å². The fraction of sp³-hybridized carbons (Fsp3) is 0.667. The summed E-state index contributed by atoms with van der Waals surface area (Å²) >= 11 is 0. The molecule has 3 nitrogen and oxygen atoms in total. The van der Waals surface area contributed by atoms with Gasteiger partial charge in [0.25, 0.3) is 0 Å². The molecular weight excluding hydrogens is 262 g/mol. The van der Waals surface area contributed by atoms with Crippen molar-refractivity contribution in [3.05, 3.63) is 35.9 Å². The van der Waals surface area contributed by atoms with E-state index >= 15 is 0 Å². The molecule has 0 unspecified atom stereocenters. The maximum atomic E-state index is 10.6. The van der Waals surface area contributed by atoms with Gasteiger partial charge >= 0.3 is 0 Å². The third-order valence-electron chi connectivity index (χ3n) is 5.86. The normalized spacial score (nSPS) is 46.3. The molecule has 114 valence electrons. The van der Waals surface area contributed by atoms with Crippen molar-refractivity contribution in [3.63, 3.8) is 0 Å². The van der Waals surface area contributed by atoms with E-state index in [4.69, 9.17) is 4.74 Å². The van der Waals surface area contributed by atoms with Crippen molar-refractivity contribution in [1.29, 1.82) is 0 Å². The van der Waals surface area contributed by atoms with Crippen molar-refractivity contribution in [3.8, 4) is 0 Å². The van der Waals surface area contributed by atoms with Crippen LogP contribution in [-0.2, 0) is 10.3 Å². The quantitative estimate of drug-likeness (QED) is 0.862. The van der Waals surface area contributed by atoms with Crippen molar-refractivity contribution in [2.75, 3.05) is 6.54 Å². The molecule has 0 radical (unpaired) electrons. The molecule has 3 aliphatic rings. The molecule has 3 aliphatic heterocycles. The zero-order valence-corrected chi connectivity index (χ0v) is 13.0. The van der Waals surface area contributed by atoms with Gasteiger partial charge < -0.3 is 9.84 Å². The monoisotopic (exact) mass is 287 g/mol. The molecule has 0 amide bonds. The van der Waals surface area contributed by atoms with E-state index in [0.717, 1.165) is 6.54 Å². The van der Waals surface area contributed by atoms with Crippen LogP contribution in [0.4, 0.5) is 0 Å². The summed E-state index contributed by atoms with van der Waals surface area (Å²) in [5.41, 5.74) is 0.872. The van der Waals surface area contributed by atoms with Gasteiger partial charge in [0, 0.05) is 18.5 Å².